The van der Waals surface area contributed by atoms with E-state index in [1.54, 1.807) is 48.7 Å². The van der Waals surface area contributed by atoms with Gasteiger partial charge in [-0.05, 0) is 43.7 Å². The number of benzene rings is 1. The molecule has 0 aliphatic heterocycles. The van der Waals surface area contributed by atoms with Gasteiger partial charge in [0.2, 0.25) is 0 Å². The molecule has 8 heteroatoms. The average Bonchev–Trinajstić information content (AvgIpc) is 3.06. The van der Waals surface area contributed by atoms with E-state index in [1.807, 2.05) is 19.9 Å². The Labute approximate surface area is 180 Å². The van der Waals surface area contributed by atoms with Gasteiger partial charge in [-0.25, -0.2) is 14.3 Å². The molecular weight excluding hydrogens is 412 g/mol. The van der Waals surface area contributed by atoms with Gasteiger partial charge in [-0.15, -0.1) is 11.3 Å². The zero-order chi connectivity index (χ0) is 21.7. The highest BCUT2D eigenvalue weighted by Gasteiger charge is 2.20. The number of nitrogens with zero attached hydrogens (tertiary/aromatic N) is 4. The van der Waals surface area contributed by atoms with E-state index in [0.29, 0.717) is 27.2 Å². The highest BCUT2D eigenvalue weighted by atomic mass is 32.1. The van der Waals surface area contributed by atoms with Gasteiger partial charge in [-0.3, -0.25) is 18.6 Å². The van der Waals surface area contributed by atoms with E-state index in [9.17, 15) is 14.4 Å². The largest absolute Gasteiger partial charge is 0.337 e. The molecule has 0 unspecified atom stereocenters. The van der Waals surface area contributed by atoms with Crippen LogP contribution in [0, 0.1) is 13.8 Å². The topological polar surface area (TPSA) is 78.4 Å². The Kier molecular flexibility index (Phi) is 4.44. The van der Waals surface area contributed by atoms with Crippen LogP contribution in [0.3, 0.4) is 0 Å². The first-order chi connectivity index (χ1) is 15.0. The molecule has 0 saturated carbocycles. The summed E-state index contributed by atoms with van der Waals surface area (Å²) in [5, 5.41) is 0.517. The molecule has 0 fully saturated rings. The summed E-state index contributed by atoms with van der Waals surface area (Å²) in [6.45, 7) is 3.91. The van der Waals surface area contributed by atoms with Crippen molar-refractivity contribution in [1.82, 2.24) is 18.5 Å². The van der Waals surface area contributed by atoms with Gasteiger partial charge in [0.25, 0.3) is 11.1 Å². The van der Waals surface area contributed by atoms with Crippen LogP contribution in [0.25, 0.3) is 21.6 Å². The van der Waals surface area contributed by atoms with E-state index >= 15 is 0 Å². The number of para-hydroxylation sites is 1. The molecule has 5 aromatic rings. The van der Waals surface area contributed by atoms with Gasteiger partial charge in [0.15, 0.2) is 0 Å². The maximum atomic E-state index is 13.5. The molecule has 31 heavy (non-hydrogen) atoms. The summed E-state index contributed by atoms with van der Waals surface area (Å²) < 4.78 is 4.18. The van der Waals surface area contributed by atoms with E-state index in [0.717, 1.165) is 10.4 Å². The number of hydrogen-bond donors (Lipinski definition) is 0. The van der Waals surface area contributed by atoms with Crippen molar-refractivity contribution >= 4 is 27.2 Å². The SMILES string of the molecule is Cc1sc2c(c1C)c(=O)n(-c1ccccc1)c(=O)n2Cc1cc(=O)n2ccccc2n1. The van der Waals surface area contributed by atoms with E-state index in [-0.39, 0.29) is 17.7 Å². The zero-order valence-corrected chi connectivity index (χ0v) is 17.7. The van der Waals surface area contributed by atoms with E-state index < -0.39 is 5.69 Å². The molecular formula is C23H18N4O3S. The second-order valence-electron chi connectivity index (χ2n) is 7.32. The summed E-state index contributed by atoms with van der Waals surface area (Å²) in [7, 11) is 0. The monoisotopic (exact) mass is 430 g/mol. The Morgan fingerprint density at radius 2 is 1.71 bits per heavy atom. The Balaban J connectivity index is 1.81. The molecule has 0 bridgehead atoms. The Morgan fingerprint density at radius 3 is 2.48 bits per heavy atom. The lowest BCUT2D eigenvalue weighted by atomic mass is 10.2. The van der Waals surface area contributed by atoms with Crippen molar-refractivity contribution in [3.8, 4) is 5.69 Å². The second-order valence-corrected chi connectivity index (χ2v) is 8.53. The van der Waals surface area contributed by atoms with Crippen molar-refractivity contribution in [3.05, 3.63) is 108 Å². The van der Waals surface area contributed by atoms with Crippen molar-refractivity contribution in [2.24, 2.45) is 0 Å². The van der Waals surface area contributed by atoms with Gasteiger partial charge in [0, 0.05) is 17.1 Å². The van der Waals surface area contributed by atoms with Crippen LogP contribution in [0.5, 0.6) is 0 Å². The van der Waals surface area contributed by atoms with Gasteiger partial charge >= 0.3 is 5.69 Å². The number of pyridine rings is 1. The van der Waals surface area contributed by atoms with Crippen LogP contribution in [0.1, 0.15) is 16.1 Å². The third kappa shape index (κ3) is 3.03. The first kappa shape index (κ1) is 19.2. The molecule has 7 nitrogen and oxygen atoms in total. The summed E-state index contributed by atoms with van der Waals surface area (Å²) >= 11 is 1.40. The Bertz CT molecular complexity index is 1640. The molecule has 0 aliphatic rings. The summed E-state index contributed by atoms with van der Waals surface area (Å²) in [6, 6.07) is 15.6. The minimum absolute atomic E-state index is 0.0858. The average molecular weight is 430 g/mol. The number of thiophene rings is 1. The van der Waals surface area contributed by atoms with Crippen LogP contribution in [-0.4, -0.2) is 18.5 Å². The van der Waals surface area contributed by atoms with Crippen LogP contribution in [0.15, 0.2) is 75.2 Å². The predicted octanol–water partition coefficient (Wildman–Crippen LogP) is 2.89. The summed E-state index contributed by atoms with van der Waals surface area (Å²) in [5.74, 6) is 0. The standard InChI is InChI=1S/C23H18N4O3S/c1-14-15(2)31-22-20(14)21(29)27(17-8-4-3-5-9-17)23(30)26(22)13-16-12-19(28)25-11-7-6-10-18(25)24-16/h3-12H,13H2,1-2H3. The van der Waals surface area contributed by atoms with Gasteiger partial charge in [0.1, 0.15) is 10.5 Å². The first-order valence-corrected chi connectivity index (χ1v) is 10.6. The molecule has 4 aromatic heterocycles. The van der Waals surface area contributed by atoms with Gasteiger partial charge in [0.05, 0.1) is 23.3 Å². The number of aryl methyl sites for hydroxylation is 2. The number of rotatable bonds is 3. The lowest BCUT2D eigenvalue weighted by Crippen LogP contribution is -2.39. The van der Waals surface area contributed by atoms with Crippen LogP contribution >= 0.6 is 11.3 Å². The smallest absolute Gasteiger partial charge is 0.278 e. The highest BCUT2D eigenvalue weighted by molar-refractivity contribution is 7.18. The summed E-state index contributed by atoms with van der Waals surface area (Å²) in [4.78, 5) is 45.4. The fraction of sp³-hybridized carbons (Fsp3) is 0.130. The van der Waals surface area contributed by atoms with E-state index in [1.165, 1.54) is 30.9 Å². The quantitative estimate of drug-likeness (QED) is 0.441. The molecule has 0 amide bonds. The number of aromatic nitrogens is 4. The minimum Gasteiger partial charge on any atom is -0.278 e. The van der Waals surface area contributed by atoms with Crippen molar-refractivity contribution in [3.63, 3.8) is 0 Å². The molecule has 0 saturated heterocycles. The molecule has 0 aliphatic carbocycles. The summed E-state index contributed by atoms with van der Waals surface area (Å²) in [5.41, 5.74) is 1.30. The molecule has 0 atom stereocenters. The predicted molar refractivity (Wildman–Crippen MR) is 122 cm³/mol. The zero-order valence-electron chi connectivity index (χ0n) is 16.9. The maximum Gasteiger partial charge on any atom is 0.337 e. The molecule has 0 radical (unpaired) electrons. The van der Waals surface area contributed by atoms with Crippen molar-refractivity contribution in [2.75, 3.05) is 0 Å². The van der Waals surface area contributed by atoms with Gasteiger partial charge in [-0.1, -0.05) is 24.3 Å². The molecule has 5 rings (SSSR count). The minimum atomic E-state index is -0.458. The molecule has 0 spiro atoms. The van der Waals surface area contributed by atoms with Gasteiger partial charge < -0.3 is 0 Å². The lowest BCUT2D eigenvalue weighted by molar-refractivity contribution is 0.704. The van der Waals surface area contributed by atoms with Crippen LogP contribution in [-0.2, 0) is 6.54 Å². The fourth-order valence-corrected chi connectivity index (χ4v) is 4.89. The van der Waals surface area contributed by atoms with E-state index in [2.05, 4.69) is 4.98 Å². The molecule has 0 N–H and O–H groups in total. The third-order valence-electron chi connectivity index (χ3n) is 5.41. The van der Waals surface area contributed by atoms with Gasteiger partial charge in [-0.2, -0.15) is 0 Å². The maximum absolute atomic E-state index is 13.5. The van der Waals surface area contributed by atoms with Crippen molar-refractivity contribution in [1.29, 1.82) is 0 Å². The third-order valence-corrected chi connectivity index (χ3v) is 6.64. The molecule has 1 aromatic carbocycles. The second kappa shape index (κ2) is 7.17. The number of hydrogen-bond acceptors (Lipinski definition) is 5. The fourth-order valence-electron chi connectivity index (χ4n) is 3.75. The molecule has 154 valence electrons. The normalized spacial score (nSPS) is 11.4. The summed E-state index contributed by atoms with van der Waals surface area (Å²) in [6.07, 6.45) is 1.65. The number of fused-ring (bicyclic) bond motifs is 2. The van der Waals surface area contributed by atoms with E-state index in [4.69, 9.17) is 0 Å². The highest BCUT2D eigenvalue weighted by Crippen LogP contribution is 2.27. The van der Waals surface area contributed by atoms with Crippen LogP contribution in [0.2, 0.25) is 0 Å². The van der Waals surface area contributed by atoms with Crippen molar-refractivity contribution < 1.29 is 0 Å². The van der Waals surface area contributed by atoms with Crippen LogP contribution in [0.4, 0.5) is 0 Å². The van der Waals surface area contributed by atoms with Crippen LogP contribution < -0.4 is 16.8 Å². The molecule has 4 heterocycles. The lowest BCUT2D eigenvalue weighted by Gasteiger charge is -2.12. The van der Waals surface area contributed by atoms with Crippen molar-refractivity contribution in [2.45, 2.75) is 20.4 Å². The Hall–Kier alpha value is -3.78. The Morgan fingerprint density at radius 1 is 0.968 bits per heavy atom. The first-order valence-electron chi connectivity index (χ1n) is 9.74.